The number of likely N-dealkylation sites (tertiary alicyclic amines) is 1. The van der Waals surface area contributed by atoms with Gasteiger partial charge in [0.1, 0.15) is 11.5 Å². The molecule has 0 bridgehead atoms. The molecule has 0 aromatic carbocycles. The van der Waals surface area contributed by atoms with Crippen molar-refractivity contribution in [1.29, 1.82) is 0 Å². The zero-order valence-corrected chi connectivity index (χ0v) is 19.6. The number of nitrogens with zero attached hydrogens (tertiary/aromatic N) is 9. The summed E-state index contributed by atoms with van der Waals surface area (Å²) in [4.78, 5) is 39.0. The van der Waals surface area contributed by atoms with Crippen LogP contribution in [0.5, 0.6) is 0 Å². The molecule has 0 spiro atoms. The minimum Gasteiger partial charge on any atom is -0.368 e. The average Bonchev–Trinajstić information content (AvgIpc) is 3.45. The van der Waals surface area contributed by atoms with E-state index in [-0.39, 0.29) is 5.13 Å². The number of anilines is 1. The van der Waals surface area contributed by atoms with E-state index in [1.165, 1.54) is 11.0 Å². The Morgan fingerprint density at radius 3 is 2.56 bits per heavy atom. The number of amides is 3. The van der Waals surface area contributed by atoms with Crippen LogP contribution in [0.4, 0.5) is 23.1 Å². The Labute approximate surface area is 205 Å². The van der Waals surface area contributed by atoms with Crippen molar-refractivity contribution in [1.82, 2.24) is 14.9 Å². The number of aryl methyl sites for hydroxylation is 1. The average molecular weight is 524 g/mol. The number of carbonyl (C=O) groups is 2. The molecule has 3 rings (SSSR count). The van der Waals surface area contributed by atoms with Gasteiger partial charge in [-0.15, -0.1) is 0 Å². The maximum absolute atomic E-state index is 14.2. The van der Waals surface area contributed by atoms with E-state index in [2.05, 4.69) is 35.3 Å². The summed E-state index contributed by atoms with van der Waals surface area (Å²) in [7, 11) is 0. The van der Waals surface area contributed by atoms with Crippen molar-refractivity contribution in [3.05, 3.63) is 50.6 Å². The van der Waals surface area contributed by atoms with Gasteiger partial charge in [0.15, 0.2) is 5.13 Å². The van der Waals surface area contributed by atoms with Gasteiger partial charge in [0.25, 0.3) is 0 Å². The third-order valence-electron chi connectivity index (χ3n) is 5.72. The number of azide groups is 2. The van der Waals surface area contributed by atoms with E-state index in [9.17, 15) is 22.8 Å². The van der Waals surface area contributed by atoms with Gasteiger partial charge >= 0.3 is 12.2 Å². The summed E-state index contributed by atoms with van der Waals surface area (Å²) in [5.41, 5.74) is 20.0. The minimum atomic E-state index is -4.96. The van der Waals surface area contributed by atoms with Gasteiger partial charge in [-0.3, -0.25) is 15.1 Å². The van der Waals surface area contributed by atoms with Crippen LogP contribution in [-0.2, 0) is 10.2 Å². The number of nitrogens with one attached hydrogen (secondary N) is 1. The number of rotatable bonds is 8. The van der Waals surface area contributed by atoms with E-state index in [4.69, 9.17) is 16.8 Å². The van der Waals surface area contributed by atoms with Crippen LogP contribution in [0.3, 0.4) is 0 Å². The SMILES string of the molecule is Cc1nc(NC(=O)N2CCC[C@H]2C(N)=O)sc1-c1ccnc(C(CN=[N+]=[N-])(CN=[N+]=[N-])C(F)(F)F)c1. The molecule has 0 saturated carbocycles. The molecular weight excluding hydrogens is 503 g/mol. The highest BCUT2D eigenvalue weighted by Gasteiger charge is 2.56. The molecule has 1 saturated heterocycles. The van der Waals surface area contributed by atoms with Crippen LogP contribution in [0, 0.1) is 6.92 Å². The van der Waals surface area contributed by atoms with Gasteiger partial charge in [-0.05, 0) is 48.5 Å². The van der Waals surface area contributed by atoms with Crippen LogP contribution in [-0.4, -0.2) is 58.7 Å². The fraction of sp³-hybridized carbons (Fsp3) is 0.474. The number of aromatic nitrogens is 2. The van der Waals surface area contributed by atoms with Crippen molar-refractivity contribution < 1.29 is 22.8 Å². The van der Waals surface area contributed by atoms with Crippen LogP contribution in [0.15, 0.2) is 28.6 Å². The molecule has 36 heavy (non-hydrogen) atoms. The van der Waals surface area contributed by atoms with Gasteiger partial charge in [0, 0.05) is 35.7 Å². The number of urea groups is 1. The molecular formula is C19H20F3N11O2S. The first kappa shape index (κ1) is 26.5. The molecule has 3 heterocycles. The second kappa shape index (κ2) is 10.7. The molecule has 1 atom stereocenters. The summed E-state index contributed by atoms with van der Waals surface area (Å²) in [5, 5.41) is 8.97. The van der Waals surface area contributed by atoms with E-state index >= 15 is 0 Å². The first-order valence-corrected chi connectivity index (χ1v) is 11.3. The molecule has 0 unspecified atom stereocenters. The summed E-state index contributed by atoms with van der Waals surface area (Å²) in [6.45, 7) is -0.175. The third-order valence-corrected chi connectivity index (χ3v) is 6.84. The maximum Gasteiger partial charge on any atom is 0.400 e. The number of alkyl halides is 3. The number of primary amides is 1. The van der Waals surface area contributed by atoms with Gasteiger partial charge in [-0.1, -0.05) is 21.6 Å². The molecule has 13 nitrogen and oxygen atoms in total. The molecule has 2 aromatic heterocycles. The second-order valence-electron chi connectivity index (χ2n) is 7.91. The van der Waals surface area contributed by atoms with E-state index in [0.717, 1.165) is 23.6 Å². The molecule has 1 fully saturated rings. The summed E-state index contributed by atoms with van der Waals surface area (Å²) in [6.07, 6.45) is -2.74. The van der Waals surface area contributed by atoms with Crippen molar-refractivity contribution in [2.24, 2.45) is 16.0 Å². The Hall–Kier alpha value is -4.07. The summed E-state index contributed by atoms with van der Waals surface area (Å²) < 4.78 is 42.6. The summed E-state index contributed by atoms with van der Waals surface area (Å²) >= 11 is 1.01. The van der Waals surface area contributed by atoms with E-state index in [1.54, 1.807) is 6.92 Å². The highest BCUT2D eigenvalue weighted by atomic mass is 32.1. The fourth-order valence-electron chi connectivity index (χ4n) is 3.86. The standard InChI is InChI=1S/C19H20F3N11O2S/c1-10-14(36-16(29-10)30-17(35)33-6-2-3-12(33)15(23)34)11-4-5-26-13(7-11)18(8-27-31-24,9-28-32-25)19(20,21)22/h4-5,7,12H,2-3,6,8-9H2,1H3,(H2,23,34)(H,29,30,35)/t12-/m0/s1. The van der Waals surface area contributed by atoms with Gasteiger partial charge < -0.3 is 10.6 Å². The summed E-state index contributed by atoms with van der Waals surface area (Å²) in [5.74, 6) is -0.613. The van der Waals surface area contributed by atoms with Gasteiger partial charge in [0.05, 0.1) is 16.3 Å². The molecule has 2 aromatic rings. The van der Waals surface area contributed by atoms with Crippen LogP contribution in [0.1, 0.15) is 24.2 Å². The first-order chi connectivity index (χ1) is 17.0. The highest BCUT2D eigenvalue weighted by molar-refractivity contribution is 7.19. The maximum atomic E-state index is 14.2. The monoisotopic (exact) mass is 523 g/mol. The third kappa shape index (κ3) is 5.27. The van der Waals surface area contributed by atoms with Crippen LogP contribution in [0.2, 0.25) is 0 Å². The van der Waals surface area contributed by atoms with Crippen molar-refractivity contribution in [3.8, 4) is 10.4 Å². The number of nitrogens with two attached hydrogens (primary N) is 1. The van der Waals surface area contributed by atoms with Crippen molar-refractivity contribution in [3.63, 3.8) is 0 Å². The predicted octanol–water partition coefficient (Wildman–Crippen LogP) is 4.42. The van der Waals surface area contributed by atoms with Crippen LogP contribution in [0.25, 0.3) is 31.3 Å². The summed E-state index contributed by atoms with van der Waals surface area (Å²) in [6, 6.07) is 1.33. The van der Waals surface area contributed by atoms with Crippen molar-refractivity contribution >= 4 is 28.4 Å². The molecule has 17 heteroatoms. The Morgan fingerprint density at radius 1 is 1.31 bits per heavy atom. The van der Waals surface area contributed by atoms with Crippen molar-refractivity contribution in [2.45, 2.75) is 37.4 Å². The number of hydrogen-bond donors (Lipinski definition) is 2. The Balaban J connectivity index is 1.96. The zero-order chi connectivity index (χ0) is 26.5. The lowest BCUT2D eigenvalue weighted by molar-refractivity contribution is -0.186. The molecule has 3 N–H and O–H groups in total. The number of pyridine rings is 1. The van der Waals surface area contributed by atoms with Crippen LogP contribution >= 0.6 is 11.3 Å². The van der Waals surface area contributed by atoms with Crippen molar-refractivity contribution in [2.75, 3.05) is 25.0 Å². The molecule has 3 amide bonds. The quantitative estimate of drug-likeness (QED) is 0.293. The van der Waals surface area contributed by atoms with E-state index in [0.29, 0.717) is 35.5 Å². The fourth-order valence-corrected chi connectivity index (χ4v) is 4.81. The zero-order valence-electron chi connectivity index (χ0n) is 18.8. The molecule has 1 aliphatic rings. The first-order valence-electron chi connectivity index (χ1n) is 10.4. The largest absolute Gasteiger partial charge is 0.400 e. The normalized spacial score (nSPS) is 17.0. The minimum absolute atomic E-state index is 0.172. The Kier molecular flexibility index (Phi) is 7.87. The highest BCUT2D eigenvalue weighted by Crippen LogP contribution is 2.43. The van der Waals surface area contributed by atoms with Gasteiger partial charge in [-0.2, -0.15) is 13.2 Å². The Bertz CT molecular complexity index is 1230. The lowest BCUT2D eigenvalue weighted by atomic mass is 9.82. The predicted molar refractivity (Wildman–Crippen MR) is 124 cm³/mol. The molecule has 0 radical (unpaired) electrons. The second-order valence-corrected chi connectivity index (χ2v) is 8.90. The Morgan fingerprint density at radius 2 is 1.97 bits per heavy atom. The number of carbonyl (C=O) groups excluding carboxylic acids is 2. The van der Waals surface area contributed by atoms with E-state index < -0.39 is 48.4 Å². The lowest BCUT2D eigenvalue weighted by Crippen LogP contribution is -2.48. The smallest absolute Gasteiger partial charge is 0.368 e. The van der Waals surface area contributed by atoms with Gasteiger partial charge in [-0.25, -0.2) is 9.78 Å². The lowest BCUT2D eigenvalue weighted by Gasteiger charge is -2.32. The number of hydrogen-bond acceptors (Lipinski definition) is 7. The van der Waals surface area contributed by atoms with E-state index in [1.807, 2.05) is 0 Å². The molecule has 0 aliphatic carbocycles. The van der Waals surface area contributed by atoms with Crippen LogP contribution < -0.4 is 11.1 Å². The number of thiazole rings is 1. The number of halogens is 3. The van der Waals surface area contributed by atoms with Gasteiger partial charge in [0.2, 0.25) is 5.91 Å². The molecule has 1 aliphatic heterocycles. The molecule has 190 valence electrons. The topological polar surface area (TPSA) is 199 Å².